The Morgan fingerprint density at radius 1 is 1.59 bits per heavy atom. The van der Waals surface area contributed by atoms with E-state index in [-0.39, 0.29) is 5.56 Å². The lowest BCUT2D eigenvalue weighted by atomic mass is 10.1. The second-order valence-electron chi connectivity index (χ2n) is 4.10. The average molecular weight is 315 g/mol. The number of nitrogens with zero attached hydrogens (tertiary/aromatic N) is 1. The van der Waals surface area contributed by atoms with Crippen LogP contribution >= 0.6 is 27.3 Å². The standard InChI is InChI=1S/C12H15BrN2OS/c1-2-3-4-8(13)7-10-14-11(16)9-5-6-17-12(9)15-10/h5-6,8H,2-4,7H2,1H3,(H,14,15,16). The molecule has 1 unspecified atom stereocenters. The highest BCUT2D eigenvalue weighted by Crippen LogP contribution is 2.17. The summed E-state index contributed by atoms with van der Waals surface area (Å²) in [6.07, 6.45) is 4.28. The summed E-state index contributed by atoms with van der Waals surface area (Å²) in [6.45, 7) is 2.18. The molecular formula is C12H15BrN2OS. The van der Waals surface area contributed by atoms with Crippen LogP contribution in [0, 0.1) is 0 Å². The molecule has 0 aliphatic rings. The molecule has 2 rings (SSSR count). The van der Waals surface area contributed by atoms with Crippen molar-refractivity contribution in [3.63, 3.8) is 0 Å². The average Bonchev–Trinajstić information content (AvgIpc) is 2.75. The van der Waals surface area contributed by atoms with Crippen LogP contribution < -0.4 is 5.56 Å². The quantitative estimate of drug-likeness (QED) is 0.859. The maximum atomic E-state index is 11.8. The molecule has 0 spiro atoms. The molecule has 0 aliphatic carbocycles. The highest BCUT2D eigenvalue weighted by atomic mass is 79.9. The van der Waals surface area contributed by atoms with Gasteiger partial charge in [-0.15, -0.1) is 11.3 Å². The van der Waals surface area contributed by atoms with E-state index >= 15 is 0 Å². The van der Waals surface area contributed by atoms with E-state index in [2.05, 4.69) is 32.8 Å². The van der Waals surface area contributed by atoms with Gasteiger partial charge in [0.25, 0.3) is 5.56 Å². The van der Waals surface area contributed by atoms with E-state index in [1.165, 1.54) is 24.2 Å². The van der Waals surface area contributed by atoms with E-state index in [0.29, 0.717) is 10.2 Å². The van der Waals surface area contributed by atoms with E-state index in [9.17, 15) is 4.79 Å². The molecule has 0 radical (unpaired) electrons. The van der Waals surface area contributed by atoms with Gasteiger partial charge in [0.05, 0.1) is 5.39 Å². The molecular weight excluding hydrogens is 300 g/mol. The number of alkyl halides is 1. The molecule has 92 valence electrons. The van der Waals surface area contributed by atoms with Gasteiger partial charge in [-0.1, -0.05) is 35.7 Å². The highest BCUT2D eigenvalue weighted by molar-refractivity contribution is 9.09. The lowest BCUT2D eigenvalue weighted by molar-refractivity contribution is 0.674. The normalized spacial score (nSPS) is 13.1. The third-order valence-electron chi connectivity index (χ3n) is 2.67. The summed E-state index contributed by atoms with van der Waals surface area (Å²) in [6, 6.07) is 1.82. The molecule has 2 aromatic rings. The smallest absolute Gasteiger partial charge is 0.259 e. The SMILES string of the molecule is CCCCC(Br)Cc1nc2sccc2c(=O)[nH]1. The Labute approximate surface area is 112 Å². The first-order chi connectivity index (χ1) is 8.20. The number of halogens is 1. The van der Waals surface area contributed by atoms with Crippen molar-refractivity contribution in [2.75, 3.05) is 0 Å². The minimum absolute atomic E-state index is 0.0264. The van der Waals surface area contributed by atoms with E-state index < -0.39 is 0 Å². The van der Waals surface area contributed by atoms with Crippen molar-refractivity contribution >= 4 is 37.5 Å². The first-order valence-electron chi connectivity index (χ1n) is 5.81. The first-order valence-corrected chi connectivity index (χ1v) is 7.60. The minimum Gasteiger partial charge on any atom is -0.310 e. The number of H-pyrrole nitrogens is 1. The van der Waals surface area contributed by atoms with Crippen molar-refractivity contribution in [3.8, 4) is 0 Å². The topological polar surface area (TPSA) is 45.8 Å². The van der Waals surface area contributed by atoms with Crippen LogP contribution in [-0.4, -0.2) is 14.8 Å². The van der Waals surface area contributed by atoms with Crippen molar-refractivity contribution in [2.45, 2.75) is 37.4 Å². The van der Waals surface area contributed by atoms with E-state index in [1.54, 1.807) is 0 Å². The van der Waals surface area contributed by atoms with Crippen LogP contribution in [0.1, 0.15) is 32.0 Å². The van der Waals surface area contributed by atoms with Gasteiger partial charge in [-0.3, -0.25) is 4.79 Å². The Balaban J connectivity index is 2.16. The number of hydrogen-bond acceptors (Lipinski definition) is 3. The number of aromatic amines is 1. The Hall–Kier alpha value is -0.680. The molecule has 0 fully saturated rings. The highest BCUT2D eigenvalue weighted by Gasteiger charge is 2.09. The number of rotatable bonds is 5. The largest absolute Gasteiger partial charge is 0.310 e. The van der Waals surface area contributed by atoms with Crippen molar-refractivity contribution < 1.29 is 0 Å². The minimum atomic E-state index is -0.0264. The second-order valence-corrected chi connectivity index (χ2v) is 6.29. The Morgan fingerprint density at radius 2 is 2.41 bits per heavy atom. The molecule has 17 heavy (non-hydrogen) atoms. The molecule has 0 bridgehead atoms. The molecule has 0 aromatic carbocycles. The Bertz CT molecular complexity index is 549. The van der Waals surface area contributed by atoms with Crippen molar-refractivity contribution in [1.82, 2.24) is 9.97 Å². The van der Waals surface area contributed by atoms with Crippen molar-refractivity contribution in [3.05, 3.63) is 27.6 Å². The summed E-state index contributed by atoms with van der Waals surface area (Å²) < 4.78 is 0. The zero-order chi connectivity index (χ0) is 12.3. The van der Waals surface area contributed by atoms with Crippen molar-refractivity contribution in [2.24, 2.45) is 0 Å². The lowest BCUT2D eigenvalue weighted by Crippen LogP contribution is -2.14. The molecule has 1 atom stereocenters. The van der Waals surface area contributed by atoms with Gasteiger partial charge in [0.2, 0.25) is 0 Å². The van der Waals surface area contributed by atoms with Crippen LogP contribution in [0.3, 0.4) is 0 Å². The van der Waals surface area contributed by atoms with Gasteiger partial charge < -0.3 is 4.98 Å². The summed E-state index contributed by atoms with van der Waals surface area (Å²) in [5.74, 6) is 0.780. The Kier molecular flexibility index (Phi) is 4.34. The molecule has 1 N–H and O–H groups in total. The number of thiophene rings is 1. The maximum absolute atomic E-state index is 11.8. The van der Waals surface area contributed by atoms with Gasteiger partial charge in [0.1, 0.15) is 10.7 Å². The molecule has 2 aromatic heterocycles. The fourth-order valence-electron chi connectivity index (χ4n) is 1.74. The van der Waals surface area contributed by atoms with E-state index in [1.807, 2.05) is 11.4 Å². The Morgan fingerprint density at radius 3 is 3.18 bits per heavy atom. The van der Waals surface area contributed by atoms with Crippen molar-refractivity contribution in [1.29, 1.82) is 0 Å². The maximum Gasteiger partial charge on any atom is 0.259 e. The number of fused-ring (bicyclic) bond motifs is 1. The molecule has 5 heteroatoms. The number of unbranched alkanes of at least 4 members (excludes halogenated alkanes) is 1. The summed E-state index contributed by atoms with van der Waals surface area (Å²) in [7, 11) is 0. The fourth-order valence-corrected chi connectivity index (χ4v) is 3.16. The van der Waals surface area contributed by atoms with Gasteiger partial charge in [-0.05, 0) is 17.9 Å². The zero-order valence-electron chi connectivity index (χ0n) is 9.70. The lowest BCUT2D eigenvalue weighted by Gasteiger charge is -2.07. The summed E-state index contributed by atoms with van der Waals surface area (Å²) in [5, 5.41) is 2.60. The van der Waals surface area contributed by atoms with Gasteiger partial charge in [-0.2, -0.15) is 0 Å². The zero-order valence-corrected chi connectivity index (χ0v) is 12.1. The molecule has 0 saturated carbocycles. The molecule has 2 heterocycles. The monoisotopic (exact) mass is 314 g/mol. The third kappa shape index (κ3) is 3.16. The van der Waals surface area contributed by atoms with E-state index in [4.69, 9.17) is 0 Å². The summed E-state index contributed by atoms with van der Waals surface area (Å²) >= 11 is 5.15. The predicted molar refractivity (Wildman–Crippen MR) is 76.2 cm³/mol. The number of hydrogen-bond donors (Lipinski definition) is 1. The van der Waals surface area contributed by atoms with Crippen LogP contribution in [0.4, 0.5) is 0 Å². The van der Waals surface area contributed by atoms with Gasteiger partial charge in [0, 0.05) is 11.2 Å². The molecule has 0 amide bonds. The predicted octanol–water partition coefficient (Wildman–Crippen LogP) is 3.48. The van der Waals surface area contributed by atoms with Crippen LogP contribution in [-0.2, 0) is 6.42 Å². The number of nitrogens with one attached hydrogen (secondary N) is 1. The first kappa shape index (κ1) is 12.8. The number of aromatic nitrogens is 2. The van der Waals surface area contributed by atoms with Gasteiger partial charge in [-0.25, -0.2) is 4.98 Å². The van der Waals surface area contributed by atoms with Crippen LogP contribution in [0.25, 0.3) is 10.2 Å². The van der Waals surface area contributed by atoms with Crippen LogP contribution in [0.15, 0.2) is 16.2 Å². The molecule has 0 saturated heterocycles. The fraction of sp³-hybridized carbons (Fsp3) is 0.500. The second kappa shape index (κ2) is 5.78. The molecule has 3 nitrogen and oxygen atoms in total. The van der Waals surface area contributed by atoms with E-state index in [0.717, 1.165) is 23.5 Å². The summed E-state index contributed by atoms with van der Waals surface area (Å²) in [4.78, 5) is 20.3. The van der Waals surface area contributed by atoms with Crippen LogP contribution in [0.2, 0.25) is 0 Å². The van der Waals surface area contributed by atoms with Gasteiger partial charge >= 0.3 is 0 Å². The van der Waals surface area contributed by atoms with Crippen LogP contribution in [0.5, 0.6) is 0 Å². The molecule has 0 aliphatic heterocycles. The third-order valence-corrected chi connectivity index (χ3v) is 4.26. The van der Waals surface area contributed by atoms with Gasteiger partial charge in [0.15, 0.2) is 0 Å². The summed E-state index contributed by atoms with van der Waals surface area (Å²) in [5.41, 5.74) is -0.0264.